The molecule has 3 heteroatoms. The molecule has 2 unspecified atom stereocenters. The number of ether oxygens (including phenoxy) is 1. The molecule has 2 rings (SSSR count). The number of rotatable bonds is 2. The van der Waals surface area contributed by atoms with Crippen LogP contribution in [0.5, 0.6) is 0 Å². The van der Waals surface area contributed by atoms with Crippen LogP contribution in [0.3, 0.4) is 0 Å². The fourth-order valence-electron chi connectivity index (χ4n) is 3.61. The van der Waals surface area contributed by atoms with Gasteiger partial charge in [0.05, 0.1) is 12.2 Å². The number of hydrogen-bond donors (Lipinski definition) is 1. The maximum atomic E-state index is 5.85. The van der Waals surface area contributed by atoms with Crippen LogP contribution >= 0.6 is 0 Å². The molecule has 1 saturated heterocycles. The molecule has 106 valence electrons. The molecule has 2 atom stereocenters. The predicted octanol–water partition coefficient (Wildman–Crippen LogP) is 2.26. The van der Waals surface area contributed by atoms with Crippen LogP contribution in [0.2, 0.25) is 0 Å². The zero-order valence-electron chi connectivity index (χ0n) is 12.8. The molecular formula is C15H30N2O. The number of likely N-dealkylation sites (N-methyl/N-ethyl adjacent to an activating group) is 1. The Morgan fingerprint density at radius 2 is 1.94 bits per heavy atom. The van der Waals surface area contributed by atoms with E-state index in [1.165, 1.54) is 19.3 Å². The van der Waals surface area contributed by atoms with Gasteiger partial charge in [0, 0.05) is 25.2 Å². The minimum atomic E-state index is 0.0120. The van der Waals surface area contributed by atoms with Gasteiger partial charge in [-0.05, 0) is 45.6 Å². The van der Waals surface area contributed by atoms with Gasteiger partial charge in [-0.3, -0.25) is 4.90 Å². The lowest BCUT2D eigenvalue weighted by atomic mass is 9.72. The summed E-state index contributed by atoms with van der Waals surface area (Å²) in [6.45, 7) is 12.3. The van der Waals surface area contributed by atoms with Gasteiger partial charge in [-0.2, -0.15) is 0 Å². The molecule has 0 bridgehead atoms. The summed E-state index contributed by atoms with van der Waals surface area (Å²) in [5.74, 6) is 0. The van der Waals surface area contributed by atoms with Crippen molar-refractivity contribution in [3.05, 3.63) is 0 Å². The lowest BCUT2D eigenvalue weighted by Crippen LogP contribution is -2.60. The fourth-order valence-corrected chi connectivity index (χ4v) is 3.61. The van der Waals surface area contributed by atoms with E-state index in [1.54, 1.807) is 0 Å². The summed E-state index contributed by atoms with van der Waals surface area (Å²) in [5, 5.41) is 3.53. The van der Waals surface area contributed by atoms with Crippen LogP contribution in [0.15, 0.2) is 0 Å². The molecule has 0 aromatic rings. The van der Waals surface area contributed by atoms with Crippen molar-refractivity contribution >= 4 is 0 Å². The van der Waals surface area contributed by atoms with Crippen molar-refractivity contribution in [1.29, 1.82) is 0 Å². The Morgan fingerprint density at radius 3 is 2.56 bits per heavy atom. The Morgan fingerprint density at radius 1 is 1.22 bits per heavy atom. The summed E-state index contributed by atoms with van der Waals surface area (Å²) in [6.07, 6.45) is 3.93. The first-order valence-corrected chi connectivity index (χ1v) is 7.38. The van der Waals surface area contributed by atoms with Crippen LogP contribution in [-0.2, 0) is 4.74 Å². The van der Waals surface area contributed by atoms with Crippen LogP contribution < -0.4 is 5.32 Å². The zero-order valence-corrected chi connectivity index (χ0v) is 12.8. The summed E-state index contributed by atoms with van der Waals surface area (Å²) in [7, 11) is 2.11. The van der Waals surface area contributed by atoms with Gasteiger partial charge in [0.2, 0.25) is 0 Å². The summed E-state index contributed by atoms with van der Waals surface area (Å²) in [6, 6.07) is 1.31. The van der Waals surface area contributed by atoms with Crippen molar-refractivity contribution in [3.8, 4) is 0 Å². The summed E-state index contributed by atoms with van der Waals surface area (Å²) >= 11 is 0. The topological polar surface area (TPSA) is 24.5 Å². The van der Waals surface area contributed by atoms with Gasteiger partial charge in [0.1, 0.15) is 0 Å². The summed E-state index contributed by atoms with van der Waals surface area (Å²) in [5.41, 5.74) is 0.499. The van der Waals surface area contributed by atoms with Crippen molar-refractivity contribution in [1.82, 2.24) is 10.2 Å². The van der Waals surface area contributed by atoms with E-state index >= 15 is 0 Å². The average molecular weight is 254 g/mol. The SMILES string of the molecule is CNC1CCC(C)(C)CC1N1CCOC(C)(C)C1. The Bertz CT molecular complexity index is 288. The Balaban J connectivity index is 2.08. The summed E-state index contributed by atoms with van der Waals surface area (Å²) < 4.78 is 5.85. The number of nitrogens with zero attached hydrogens (tertiary/aromatic N) is 1. The maximum absolute atomic E-state index is 5.85. The van der Waals surface area contributed by atoms with E-state index in [9.17, 15) is 0 Å². The van der Waals surface area contributed by atoms with E-state index in [0.717, 1.165) is 19.7 Å². The quantitative estimate of drug-likeness (QED) is 0.818. The molecule has 18 heavy (non-hydrogen) atoms. The Hall–Kier alpha value is -0.120. The largest absolute Gasteiger partial charge is 0.373 e. The Kier molecular flexibility index (Phi) is 4.05. The molecular weight excluding hydrogens is 224 g/mol. The normalized spacial score (nSPS) is 36.5. The van der Waals surface area contributed by atoms with Crippen LogP contribution in [-0.4, -0.2) is 49.3 Å². The van der Waals surface area contributed by atoms with E-state index < -0.39 is 0 Å². The van der Waals surface area contributed by atoms with Crippen molar-refractivity contribution in [2.45, 2.75) is 64.6 Å². The highest BCUT2D eigenvalue weighted by molar-refractivity contribution is 4.96. The number of nitrogens with one attached hydrogen (secondary N) is 1. The predicted molar refractivity (Wildman–Crippen MR) is 75.9 cm³/mol. The third kappa shape index (κ3) is 3.25. The molecule has 0 aromatic carbocycles. The van der Waals surface area contributed by atoms with Gasteiger partial charge in [0.25, 0.3) is 0 Å². The molecule has 1 heterocycles. The highest BCUT2D eigenvalue weighted by atomic mass is 16.5. The van der Waals surface area contributed by atoms with Gasteiger partial charge in [0.15, 0.2) is 0 Å². The molecule has 0 spiro atoms. The van der Waals surface area contributed by atoms with E-state index in [4.69, 9.17) is 4.74 Å². The highest BCUT2D eigenvalue weighted by Crippen LogP contribution is 2.38. The van der Waals surface area contributed by atoms with Crippen molar-refractivity contribution in [2.24, 2.45) is 5.41 Å². The molecule has 1 N–H and O–H groups in total. The molecule has 1 aliphatic carbocycles. The van der Waals surface area contributed by atoms with Crippen molar-refractivity contribution in [2.75, 3.05) is 26.7 Å². The van der Waals surface area contributed by atoms with E-state index in [-0.39, 0.29) is 5.60 Å². The molecule has 3 nitrogen and oxygen atoms in total. The fraction of sp³-hybridized carbons (Fsp3) is 1.00. The van der Waals surface area contributed by atoms with Crippen LogP contribution in [0, 0.1) is 5.41 Å². The molecule has 2 aliphatic rings. The second kappa shape index (κ2) is 5.10. The first-order chi connectivity index (χ1) is 8.33. The first-order valence-electron chi connectivity index (χ1n) is 7.38. The van der Waals surface area contributed by atoms with E-state index in [1.807, 2.05) is 0 Å². The number of hydrogen-bond acceptors (Lipinski definition) is 3. The third-order valence-corrected chi connectivity index (χ3v) is 4.65. The van der Waals surface area contributed by atoms with E-state index in [0.29, 0.717) is 17.5 Å². The smallest absolute Gasteiger partial charge is 0.0753 e. The van der Waals surface area contributed by atoms with Crippen LogP contribution in [0.4, 0.5) is 0 Å². The van der Waals surface area contributed by atoms with E-state index in [2.05, 4.69) is 45.0 Å². The van der Waals surface area contributed by atoms with Gasteiger partial charge in [-0.1, -0.05) is 13.8 Å². The molecule has 1 aliphatic heterocycles. The minimum absolute atomic E-state index is 0.0120. The first kappa shape index (κ1) is 14.3. The van der Waals surface area contributed by atoms with Crippen LogP contribution in [0.25, 0.3) is 0 Å². The molecule has 0 amide bonds. The van der Waals surface area contributed by atoms with Gasteiger partial charge < -0.3 is 10.1 Å². The third-order valence-electron chi connectivity index (χ3n) is 4.65. The molecule has 2 fully saturated rings. The molecule has 0 radical (unpaired) electrons. The van der Waals surface area contributed by atoms with Gasteiger partial charge in [-0.25, -0.2) is 0 Å². The standard InChI is InChI=1S/C15H30N2O/c1-14(2)7-6-12(16-5)13(10-14)17-8-9-18-15(3,4)11-17/h12-13,16H,6-11H2,1-5H3. The minimum Gasteiger partial charge on any atom is -0.373 e. The van der Waals surface area contributed by atoms with Gasteiger partial charge in [-0.15, -0.1) is 0 Å². The zero-order chi connectivity index (χ0) is 13.4. The monoisotopic (exact) mass is 254 g/mol. The maximum Gasteiger partial charge on any atom is 0.0753 e. The van der Waals surface area contributed by atoms with Crippen molar-refractivity contribution in [3.63, 3.8) is 0 Å². The van der Waals surface area contributed by atoms with Crippen LogP contribution in [0.1, 0.15) is 47.0 Å². The molecule has 1 saturated carbocycles. The summed E-state index contributed by atoms with van der Waals surface area (Å²) in [4.78, 5) is 2.66. The molecule has 0 aromatic heterocycles. The highest BCUT2D eigenvalue weighted by Gasteiger charge is 2.40. The average Bonchev–Trinajstić information content (AvgIpc) is 2.26. The Labute approximate surface area is 112 Å². The second-order valence-electron chi connectivity index (χ2n) is 7.45. The van der Waals surface area contributed by atoms with Crippen molar-refractivity contribution < 1.29 is 4.74 Å². The number of morpholine rings is 1. The van der Waals surface area contributed by atoms with Gasteiger partial charge >= 0.3 is 0 Å². The lowest BCUT2D eigenvalue weighted by molar-refractivity contribution is -0.108. The lowest BCUT2D eigenvalue weighted by Gasteiger charge is -2.49. The second-order valence-corrected chi connectivity index (χ2v) is 7.45.